The minimum atomic E-state index is -2.24. The van der Waals surface area contributed by atoms with Gasteiger partial charge in [-0.3, -0.25) is 0 Å². The quantitative estimate of drug-likeness (QED) is 0.385. The van der Waals surface area contributed by atoms with E-state index >= 15 is 0 Å². The lowest BCUT2D eigenvalue weighted by Gasteiger charge is -2.25. The molecule has 0 aliphatic heterocycles. The summed E-state index contributed by atoms with van der Waals surface area (Å²) in [6.07, 6.45) is 0. The molecular weight excluding hydrogens is 381 g/mol. The van der Waals surface area contributed by atoms with E-state index in [0.29, 0.717) is 5.09 Å². The Balaban J connectivity index is 2.14. The Morgan fingerprint density at radius 2 is 1.11 bits per heavy atom. The summed E-state index contributed by atoms with van der Waals surface area (Å²) < 4.78 is 6.03. The molecule has 1 aromatic heterocycles. The number of hydrogen-bond acceptors (Lipinski definition) is 3. The summed E-state index contributed by atoms with van der Waals surface area (Å²) in [6, 6.07) is 31.9. The van der Waals surface area contributed by atoms with Crippen molar-refractivity contribution < 1.29 is 4.42 Å². The summed E-state index contributed by atoms with van der Waals surface area (Å²) in [6.45, 7) is 4.19. The van der Waals surface area contributed by atoms with Gasteiger partial charge in [0.05, 0.1) is 0 Å². The van der Waals surface area contributed by atoms with Crippen LogP contribution >= 0.6 is 19.9 Å². The van der Waals surface area contributed by atoms with Gasteiger partial charge in [-0.1, -0.05) is 81.1 Å². The number of benzene rings is 3. The van der Waals surface area contributed by atoms with E-state index in [2.05, 4.69) is 105 Å². The lowest BCUT2D eigenvalue weighted by atomic mass is 10.2. The monoisotopic (exact) mass is 404 g/mol. The molecule has 0 saturated heterocycles. The first-order chi connectivity index (χ1) is 13.6. The van der Waals surface area contributed by atoms with E-state index in [1.165, 1.54) is 15.9 Å². The molecule has 0 atom stereocenters. The van der Waals surface area contributed by atoms with Crippen molar-refractivity contribution in [3.05, 3.63) is 96.9 Å². The SMILES string of the molecule is CC(C)c1nc([P+](c2ccccc2)(c2ccccc2)c2ccccc2)c(S)o1. The second kappa shape index (κ2) is 7.95. The van der Waals surface area contributed by atoms with Crippen LogP contribution in [0.15, 0.2) is 101 Å². The number of oxazole rings is 1. The summed E-state index contributed by atoms with van der Waals surface area (Å²) in [5.41, 5.74) is 0.933. The number of hydrogen-bond donors (Lipinski definition) is 1. The summed E-state index contributed by atoms with van der Waals surface area (Å²) in [4.78, 5) is 5.02. The van der Waals surface area contributed by atoms with Crippen molar-refractivity contribution in [1.29, 1.82) is 0 Å². The zero-order valence-corrected chi connectivity index (χ0v) is 17.8. The number of nitrogens with zero attached hydrogens (tertiary/aromatic N) is 1. The summed E-state index contributed by atoms with van der Waals surface area (Å²) in [5.74, 6) is 0.927. The summed E-state index contributed by atoms with van der Waals surface area (Å²) in [5, 5.41) is 4.33. The number of rotatable bonds is 5. The fourth-order valence-corrected chi connectivity index (χ4v) is 8.21. The maximum absolute atomic E-state index is 6.03. The van der Waals surface area contributed by atoms with Crippen LogP contribution < -0.4 is 21.3 Å². The van der Waals surface area contributed by atoms with Gasteiger partial charge in [-0.05, 0) is 36.4 Å². The number of thiol groups is 1. The van der Waals surface area contributed by atoms with Crippen LogP contribution in [0.4, 0.5) is 0 Å². The highest BCUT2D eigenvalue weighted by molar-refractivity contribution is 8.02. The van der Waals surface area contributed by atoms with E-state index in [0.717, 1.165) is 11.3 Å². The van der Waals surface area contributed by atoms with Gasteiger partial charge in [-0.25, -0.2) is 0 Å². The van der Waals surface area contributed by atoms with Crippen molar-refractivity contribution in [2.75, 3.05) is 0 Å². The molecule has 0 spiro atoms. The molecule has 1 heterocycles. The first-order valence-electron chi connectivity index (χ1n) is 9.40. The number of aromatic nitrogens is 1. The Morgan fingerprint density at radius 3 is 1.43 bits per heavy atom. The molecule has 0 saturated carbocycles. The predicted molar refractivity (Wildman–Crippen MR) is 123 cm³/mol. The average Bonchev–Trinajstić information content (AvgIpc) is 3.14. The van der Waals surface area contributed by atoms with Crippen molar-refractivity contribution >= 4 is 41.2 Å². The van der Waals surface area contributed by atoms with Crippen LogP contribution in [0.25, 0.3) is 0 Å². The fraction of sp³-hybridized carbons (Fsp3) is 0.125. The molecule has 0 aliphatic carbocycles. The largest absolute Gasteiger partial charge is 0.430 e. The third-order valence-electron chi connectivity index (χ3n) is 4.85. The molecule has 3 aromatic carbocycles. The van der Waals surface area contributed by atoms with Crippen LogP contribution in [0.3, 0.4) is 0 Å². The third kappa shape index (κ3) is 3.19. The van der Waals surface area contributed by atoms with Crippen LogP contribution in [0.5, 0.6) is 0 Å². The molecule has 0 radical (unpaired) electrons. The van der Waals surface area contributed by atoms with Gasteiger partial charge in [0.2, 0.25) is 11.0 Å². The van der Waals surface area contributed by atoms with E-state index in [4.69, 9.17) is 22.0 Å². The second-order valence-corrected chi connectivity index (χ2v) is 10.7. The third-order valence-corrected chi connectivity index (χ3v) is 9.49. The lowest BCUT2D eigenvalue weighted by molar-refractivity contribution is 0.409. The molecule has 4 rings (SSSR count). The molecular formula is C24H23NOPS+. The molecule has 0 N–H and O–H groups in total. The maximum Gasteiger partial charge on any atom is 0.250 e. The van der Waals surface area contributed by atoms with Crippen LogP contribution in [-0.2, 0) is 0 Å². The first kappa shape index (κ1) is 19.0. The fourth-order valence-electron chi connectivity index (χ4n) is 3.55. The highest BCUT2D eigenvalue weighted by atomic mass is 32.1. The lowest BCUT2D eigenvalue weighted by Crippen LogP contribution is -2.39. The van der Waals surface area contributed by atoms with Crippen molar-refractivity contribution in [2.45, 2.75) is 24.9 Å². The first-order valence-corrected chi connectivity index (χ1v) is 11.6. The zero-order chi connectivity index (χ0) is 19.6. The van der Waals surface area contributed by atoms with Crippen molar-refractivity contribution in [1.82, 2.24) is 4.98 Å². The van der Waals surface area contributed by atoms with Crippen LogP contribution in [0.1, 0.15) is 25.7 Å². The summed E-state index contributed by atoms with van der Waals surface area (Å²) >= 11 is 4.76. The second-order valence-electron chi connectivity index (χ2n) is 7.01. The topological polar surface area (TPSA) is 26.0 Å². The molecule has 0 fully saturated rings. The van der Waals surface area contributed by atoms with Gasteiger partial charge in [-0.2, -0.15) is 4.98 Å². The van der Waals surface area contributed by atoms with Gasteiger partial charge >= 0.3 is 0 Å². The zero-order valence-electron chi connectivity index (χ0n) is 16.0. The molecule has 140 valence electrons. The summed E-state index contributed by atoms with van der Waals surface area (Å²) in [7, 11) is -2.24. The minimum absolute atomic E-state index is 0.198. The Morgan fingerprint density at radius 1 is 0.714 bits per heavy atom. The Kier molecular flexibility index (Phi) is 5.39. The Bertz CT molecular complexity index is 949. The molecule has 0 amide bonds. The molecule has 28 heavy (non-hydrogen) atoms. The van der Waals surface area contributed by atoms with E-state index in [-0.39, 0.29) is 5.92 Å². The van der Waals surface area contributed by atoms with Gasteiger partial charge in [0.1, 0.15) is 15.9 Å². The van der Waals surface area contributed by atoms with Gasteiger partial charge in [0.25, 0.3) is 5.44 Å². The van der Waals surface area contributed by atoms with Crippen LogP contribution in [0.2, 0.25) is 0 Å². The molecule has 2 nitrogen and oxygen atoms in total. The smallest absolute Gasteiger partial charge is 0.250 e. The van der Waals surface area contributed by atoms with Gasteiger partial charge < -0.3 is 4.42 Å². The van der Waals surface area contributed by atoms with Crippen molar-refractivity contribution in [3.8, 4) is 0 Å². The van der Waals surface area contributed by atoms with Crippen LogP contribution in [-0.4, -0.2) is 4.98 Å². The molecule has 4 aromatic rings. The van der Waals surface area contributed by atoms with Crippen molar-refractivity contribution in [2.24, 2.45) is 0 Å². The molecule has 0 bridgehead atoms. The average molecular weight is 404 g/mol. The van der Waals surface area contributed by atoms with Gasteiger partial charge in [0.15, 0.2) is 7.26 Å². The van der Waals surface area contributed by atoms with Crippen molar-refractivity contribution in [3.63, 3.8) is 0 Å². The molecule has 4 heteroatoms. The van der Waals surface area contributed by atoms with Gasteiger partial charge in [-0.15, -0.1) is 0 Å². The minimum Gasteiger partial charge on any atom is -0.430 e. The van der Waals surface area contributed by atoms with E-state index in [9.17, 15) is 0 Å². The van der Waals surface area contributed by atoms with E-state index < -0.39 is 7.26 Å². The Hall–Kier alpha value is -2.35. The normalized spacial score (nSPS) is 11.7. The molecule has 0 aliphatic rings. The highest BCUT2D eigenvalue weighted by Gasteiger charge is 2.52. The standard InChI is InChI=1S/C24H22NOPS/c1-18(2)22-25-23(24(28)26-22)27(19-12-6-3-7-13-19,20-14-8-4-9-15-20)21-16-10-5-11-17-21/h3-18H,1-2H3/p+1. The Labute approximate surface area is 172 Å². The van der Waals surface area contributed by atoms with E-state index in [1.54, 1.807) is 0 Å². The van der Waals surface area contributed by atoms with Crippen LogP contribution in [0, 0.1) is 0 Å². The van der Waals surface area contributed by atoms with E-state index in [1.807, 2.05) is 0 Å². The predicted octanol–water partition coefficient (Wildman–Crippen LogP) is 4.71. The maximum atomic E-state index is 6.03. The molecule has 0 unspecified atom stereocenters. The highest BCUT2D eigenvalue weighted by Crippen LogP contribution is 2.55. The van der Waals surface area contributed by atoms with Gasteiger partial charge in [0, 0.05) is 5.92 Å².